The summed E-state index contributed by atoms with van der Waals surface area (Å²) in [5.41, 5.74) is 1.64. The lowest BCUT2D eigenvalue weighted by Gasteiger charge is -2.14. The third-order valence-corrected chi connectivity index (χ3v) is 5.22. The van der Waals surface area contributed by atoms with Gasteiger partial charge in [-0.3, -0.25) is 9.59 Å². The Balaban J connectivity index is 1.54. The number of rotatable bonds is 6. The van der Waals surface area contributed by atoms with Gasteiger partial charge in [0.2, 0.25) is 0 Å². The summed E-state index contributed by atoms with van der Waals surface area (Å²) in [5, 5.41) is 9.31. The van der Waals surface area contributed by atoms with E-state index in [-0.39, 0.29) is 5.56 Å². The molecule has 0 spiro atoms. The zero-order chi connectivity index (χ0) is 21.1. The number of hydrogen-bond acceptors (Lipinski definition) is 7. The Labute approximate surface area is 175 Å². The predicted octanol–water partition coefficient (Wildman–Crippen LogP) is 3.84. The van der Waals surface area contributed by atoms with Crippen LogP contribution in [0.5, 0.6) is 5.75 Å². The Kier molecular flexibility index (Phi) is 5.44. The maximum absolute atomic E-state index is 12.7. The molecule has 8 nitrogen and oxygen atoms in total. The van der Waals surface area contributed by atoms with E-state index in [2.05, 4.69) is 15.4 Å². The van der Waals surface area contributed by atoms with Crippen LogP contribution in [0.25, 0.3) is 22.7 Å². The summed E-state index contributed by atoms with van der Waals surface area (Å²) in [6, 6.07) is 13.0. The molecule has 0 radical (unpaired) electrons. The maximum atomic E-state index is 12.7. The topological polar surface area (TPSA) is 99.2 Å². The monoisotopic (exact) mass is 422 g/mol. The number of carbonyl (C=O) groups is 1. The van der Waals surface area contributed by atoms with Crippen LogP contribution in [-0.2, 0) is 4.79 Å². The van der Waals surface area contributed by atoms with Crippen molar-refractivity contribution in [2.45, 2.75) is 13.0 Å². The summed E-state index contributed by atoms with van der Waals surface area (Å²) < 4.78 is 11.6. The van der Waals surface area contributed by atoms with E-state index in [4.69, 9.17) is 9.15 Å². The number of amides is 1. The molecule has 30 heavy (non-hydrogen) atoms. The van der Waals surface area contributed by atoms with Crippen LogP contribution in [-0.4, -0.2) is 27.8 Å². The molecule has 1 atom stereocenters. The second-order valence-corrected chi connectivity index (χ2v) is 7.27. The highest BCUT2D eigenvalue weighted by Gasteiger charge is 2.20. The van der Waals surface area contributed by atoms with E-state index in [1.165, 1.54) is 17.4 Å². The maximum Gasteiger partial charge on any atom is 0.267 e. The number of benzene rings is 1. The summed E-state index contributed by atoms with van der Waals surface area (Å²) in [6.07, 6.45) is 1.56. The highest BCUT2D eigenvalue weighted by molar-refractivity contribution is 7.14. The number of nitrogens with zero attached hydrogens (tertiary/aromatic N) is 3. The van der Waals surface area contributed by atoms with E-state index in [0.29, 0.717) is 22.3 Å². The van der Waals surface area contributed by atoms with Gasteiger partial charge in [-0.2, -0.15) is 5.10 Å². The van der Waals surface area contributed by atoms with Crippen LogP contribution in [0.2, 0.25) is 0 Å². The molecule has 0 bridgehead atoms. The van der Waals surface area contributed by atoms with Crippen LogP contribution in [0.3, 0.4) is 0 Å². The van der Waals surface area contributed by atoms with Crippen LogP contribution in [0.15, 0.2) is 69.4 Å². The number of hydrogen-bond donors (Lipinski definition) is 1. The summed E-state index contributed by atoms with van der Waals surface area (Å²) in [6.45, 7) is 1.61. The van der Waals surface area contributed by atoms with E-state index in [1.807, 2.05) is 24.3 Å². The first-order chi connectivity index (χ1) is 14.5. The Morgan fingerprint density at radius 1 is 1.17 bits per heavy atom. The van der Waals surface area contributed by atoms with E-state index >= 15 is 0 Å². The fourth-order valence-electron chi connectivity index (χ4n) is 2.81. The van der Waals surface area contributed by atoms with Crippen LogP contribution in [0, 0.1) is 0 Å². The molecule has 3 aromatic heterocycles. The van der Waals surface area contributed by atoms with Gasteiger partial charge in [0.25, 0.3) is 11.5 Å². The van der Waals surface area contributed by atoms with Crippen molar-refractivity contribution in [2.75, 3.05) is 12.4 Å². The van der Waals surface area contributed by atoms with Crippen LogP contribution in [0.1, 0.15) is 13.0 Å². The van der Waals surface area contributed by atoms with Gasteiger partial charge in [-0.25, -0.2) is 9.67 Å². The zero-order valence-electron chi connectivity index (χ0n) is 16.2. The van der Waals surface area contributed by atoms with Crippen LogP contribution < -0.4 is 15.6 Å². The Bertz CT molecular complexity index is 1210. The minimum Gasteiger partial charge on any atom is -0.497 e. The Morgan fingerprint density at radius 3 is 2.67 bits per heavy atom. The smallest absolute Gasteiger partial charge is 0.267 e. The molecule has 4 aromatic rings. The van der Waals surface area contributed by atoms with Gasteiger partial charge in [-0.15, -0.1) is 11.3 Å². The Morgan fingerprint density at radius 2 is 1.97 bits per heavy atom. The summed E-state index contributed by atoms with van der Waals surface area (Å²) in [5.74, 6) is 0.943. The van der Waals surface area contributed by atoms with E-state index in [9.17, 15) is 9.59 Å². The Hall–Kier alpha value is -3.72. The highest BCUT2D eigenvalue weighted by atomic mass is 32.1. The van der Waals surface area contributed by atoms with Crippen molar-refractivity contribution in [3.05, 3.63) is 70.5 Å². The predicted molar refractivity (Wildman–Crippen MR) is 114 cm³/mol. The van der Waals surface area contributed by atoms with Crippen LogP contribution >= 0.6 is 11.3 Å². The van der Waals surface area contributed by atoms with Crippen molar-refractivity contribution in [1.82, 2.24) is 14.8 Å². The normalized spacial score (nSPS) is 11.8. The number of ether oxygens (including phenoxy) is 1. The molecule has 4 rings (SSSR count). The van der Waals surface area contributed by atoms with Crippen molar-refractivity contribution in [2.24, 2.45) is 0 Å². The van der Waals surface area contributed by atoms with Gasteiger partial charge >= 0.3 is 0 Å². The van der Waals surface area contributed by atoms with Crippen molar-refractivity contribution in [1.29, 1.82) is 0 Å². The van der Waals surface area contributed by atoms with Crippen molar-refractivity contribution < 1.29 is 13.9 Å². The molecule has 0 saturated carbocycles. The third kappa shape index (κ3) is 4.01. The van der Waals surface area contributed by atoms with Crippen LogP contribution in [0.4, 0.5) is 5.13 Å². The van der Waals surface area contributed by atoms with E-state index in [1.54, 1.807) is 43.9 Å². The molecule has 152 valence electrons. The number of thiazole rings is 1. The molecule has 0 aliphatic carbocycles. The SMILES string of the molecule is COc1ccc(-c2ccc(=O)n(C(C)C(=O)Nc3nc(-c4ccco4)cs3)n2)cc1. The molecule has 3 heterocycles. The molecular weight excluding hydrogens is 404 g/mol. The lowest BCUT2D eigenvalue weighted by atomic mass is 10.1. The van der Waals surface area contributed by atoms with Crippen molar-refractivity contribution in [3.63, 3.8) is 0 Å². The molecule has 1 unspecified atom stereocenters. The fourth-order valence-corrected chi connectivity index (χ4v) is 3.51. The second-order valence-electron chi connectivity index (χ2n) is 6.41. The van der Waals surface area contributed by atoms with Gasteiger partial charge in [0.05, 0.1) is 19.1 Å². The summed E-state index contributed by atoms with van der Waals surface area (Å²) in [4.78, 5) is 29.4. The summed E-state index contributed by atoms with van der Waals surface area (Å²) >= 11 is 1.27. The van der Waals surface area contributed by atoms with E-state index in [0.717, 1.165) is 16.0 Å². The average molecular weight is 422 g/mol. The van der Waals surface area contributed by atoms with Gasteiger partial charge in [0.15, 0.2) is 10.9 Å². The van der Waals surface area contributed by atoms with Crippen molar-refractivity contribution >= 4 is 22.4 Å². The molecule has 1 aromatic carbocycles. The lowest BCUT2D eigenvalue weighted by molar-refractivity contribution is -0.119. The molecule has 1 amide bonds. The largest absolute Gasteiger partial charge is 0.497 e. The molecule has 0 fully saturated rings. The minimum atomic E-state index is -0.827. The number of furan rings is 1. The average Bonchev–Trinajstić information content (AvgIpc) is 3.46. The molecule has 0 aliphatic rings. The first-order valence-electron chi connectivity index (χ1n) is 9.09. The fraction of sp³-hybridized carbons (Fsp3) is 0.143. The second kappa shape index (κ2) is 8.34. The van der Waals surface area contributed by atoms with Gasteiger partial charge < -0.3 is 14.5 Å². The summed E-state index contributed by atoms with van der Waals surface area (Å²) in [7, 11) is 1.59. The van der Waals surface area contributed by atoms with Gasteiger partial charge in [0.1, 0.15) is 17.5 Å². The first-order valence-corrected chi connectivity index (χ1v) is 9.97. The first kappa shape index (κ1) is 19.6. The minimum absolute atomic E-state index is 0.370. The lowest BCUT2D eigenvalue weighted by Crippen LogP contribution is -2.33. The molecule has 9 heteroatoms. The quantitative estimate of drug-likeness (QED) is 0.507. The number of nitrogens with one attached hydrogen (secondary N) is 1. The molecule has 0 saturated heterocycles. The van der Waals surface area contributed by atoms with Gasteiger partial charge in [0, 0.05) is 17.0 Å². The van der Waals surface area contributed by atoms with Gasteiger partial charge in [-0.05, 0) is 49.4 Å². The molecular formula is C21H18N4O4S. The number of anilines is 1. The number of methoxy groups -OCH3 is 1. The standard InChI is InChI=1S/C21H18N4O4S/c1-13(20(27)23-21-22-17(12-30-21)18-4-3-11-29-18)25-19(26)10-9-16(24-25)14-5-7-15(28-2)8-6-14/h3-13H,1-2H3,(H,22,23,27). The number of carbonyl (C=O) groups excluding carboxylic acids is 1. The number of aromatic nitrogens is 3. The molecule has 1 N–H and O–H groups in total. The van der Waals surface area contributed by atoms with Crippen molar-refractivity contribution in [3.8, 4) is 28.5 Å². The molecule has 0 aliphatic heterocycles. The zero-order valence-corrected chi connectivity index (χ0v) is 17.1. The highest BCUT2D eigenvalue weighted by Crippen LogP contribution is 2.26. The van der Waals surface area contributed by atoms with E-state index < -0.39 is 11.9 Å². The third-order valence-electron chi connectivity index (χ3n) is 4.47. The van der Waals surface area contributed by atoms with Gasteiger partial charge in [-0.1, -0.05) is 0 Å².